The molecular formula is C23H22FN3O7S. The summed E-state index contributed by atoms with van der Waals surface area (Å²) in [6, 6.07) is 13.5. The van der Waals surface area contributed by atoms with Gasteiger partial charge < -0.3 is 14.8 Å². The molecule has 184 valence electrons. The molecule has 12 heteroatoms. The zero-order chi connectivity index (χ0) is 25.8. The number of carbonyl (C=O) groups is 1. The number of ether oxygens (including phenoxy) is 2. The molecule has 3 aromatic carbocycles. The molecule has 0 bridgehead atoms. The van der Waals surface area contributed by atoms with Gasteiger partial charge in [0.1, 0.15) is 5.82 Å². The number of hydrogen-bond donors (Lipinski definition) is 1. The summed E-state index contributed by atoms with van der Waals surface area (Å²) in [7, 11) is -1.34. The van der Waals surface area contributed by atoms with Gasteiger partial charge in [0.15, 0.2) is 11.5 Å². The lowest BCUT2D eigenvalue weighted by Gasteiger charge is -2.26. The van der Waals surface area contributed by atoms with Crippen molar-refractivity contribution in [3.05, 3.63) is 87.7 Å². The van der Waals surface area contributed by atoms with Crippen LogP contribution in [0, 0.1) is 15.9 Å². The maximum absolute atomic E-state index is 14.4. The van der Waals surface area contributed by atoms with E-state index in [0.29, 0.717) is 0 Å². The second kappa shape index (κ2) is 10.4. The number of nitro groups is 1. The van der Waals surface area contributed by atoms with Crippen molar-refractivity contribution >= 4 is 33.0 Å². The first kappa shape index (κ1) is 25.4. The number of methoxy groups -OCH3 is 2. The summed E-state index contributed by atoms with van der Waals surface area (Å²) >= 11 is 0. The van der Waals surface area contributed by atoms with Gasteiger partial charge in [0.05, 0.1) is 43.2 Å². The van der Waals surface area contributed by atoms with Crippen LogP contribution in [-0.2, 0) is 16.6 Å². The molecule has 3 rings (SSSR count). The minimum Gasteiger partial charge on any atom is -0.493 e. The standard InChI is InChI=1S/C23H22FN3O7S/c1-33-21-12-18(23(28)25-16-8-6-9-17(11-16)27(29)30)20(13-22(21)34-2)26(35(3,31)32)14-15-7-4-5-10-19(15)24/h4-13H,14H2,1-3H3,(H,25,28). The quantitative estimate of drug-likeness (QED) is 0.346. The number of nitrogens with one attached hydrogen (secondary N) is 1. The van der Waals surface area contributed by atoms with Gasteiger partial charge in [-0.1, -0.05) is 24.3 Å². The topological polar surface area (TPSA) is 128 Å². The molecular weight excluding hydrogens is 481 g/mol. The van der Waals surface area contributed by atoms with Crippen molar-refractivity contribution in [2.24, 2.45) is 0 Å². The molecule has 0 aliphatic heterocycles. The number of anilines is 2. The van der Waals surface area contributed by atoms with Gasteiger partial charge in [-0.25, -0.2) is 12.8 Å². The SMILES string of the molecule is COc1cc(C(=O)Nc2cccc([N+](=O)[O-])c2)c(N(Cc2ccccc2F)S(C)(=O)=O)cc1OC. The molecule has 0 aliphatic carbocycles. The fraction of sp³-hybridized carbons (Fsp3) is 0.174. The lowest BCUT2D eigenvalue weighted by atomic mass is 10.1. The normalized spacial score (nSPS) is 11.0. The van der Waals surface area contributed by atoms with Gasteiger partial charge in [-0.2, -0.15) is 0 Å². The zero-order valence-corrected chi connectivity index (χ0v) is 19.8. The van der Waals surface area contributed by atoms with Crippen molar-refractivity contribution in [1.82, 2.24) is 0 Å². The highest BCUT2D eigenvalue weighted by Gasteiger charge is 2.27. The first-order valence-corrected chi connectivity index (χ1v) is 11.9. The Morgan fingerprint density at radius 1 is 1.06 bits per heavy atom. The van der Waals surface area contributed by atoms with Crippen LogP contribution >= 0.6 is 0 Å². The third kappa shape index (κ3) is 5.84. The second-order valence-electron chi connectivity index (χ2n) is 7.35. The largest absolute Gasteiger partial charge is 0.493 e. The highest BCUT2D eigenvalue weighted by Crippen LogP contribution is 2.37. The average Bonchev–Trinajstić information content (AvgIpc) is 2.82. The summed E-state index contributed by atoms with van der Waals surface area (Å²) < 4.78 is 51.3. The Hall–Kier alpha value is -4.19. The number of carbonyl (C=O) groups excluding carboxylic acids is 1. The molecule has 0 spiro atoms. The predicted molar refractivity (Wildman–Crippen MR) is 128 cm³/mol. The van der Waals surface area contributed by atoms with Crippen LogP contribution in [-0.4, -0.2) is 39.7 Å². The molecule has 0 heterocycles. The summed E-state index contributed by atoms with van der Waals surface area (Å²) in [4.78, 5) is 23.7. The molecule has 0 unspecified atom stereocenters. The molecule has 0 aliphatic rings. The molecule has 0 saturated carbocycles. The first-order chi connectivity index (χ1) is 16.5. The third-order valence-electron chi connectivity index (χ3n) is 5.00. The van der Waals surface area contributed by atoms with E-state index >= 15 is 0 Å². The molecule has 10 nitrogen and oxygen atoms in total. The molecule has 1 amide bonds. The van der Waals surface area contributed by atoms with E-state index in [4.69, 9.17) is 9.47 Å². The molecule has 0 saturated heterocycles. The monoisotopic (exact) mass is 503 g/mol. The molecule has 0 atom stereocenters. The Bertz CT molecular complexity index is 1380. The number of rotatable bonds is 9. The Morgan fingerprint density at radius 2 is 1.71 bits per heavy atom. The van der Waals surface area contributed by atoms with Crippen molar-refractivity contribution in [3.63, 3.8) is 0 Å². The van der Waals surface area contributed by atoms with Crippen LogP contribution in [0.4, 0.5) is 21.5 Å². The van der Waals surface area contributed by atoms with Gasteiger partial charge in [0, 0.05) is 29.4 Å². The summed E-state index contributed by atoms with van der Waals surface area (Å²) in [6.07, 6.45) is 0.923. The van der Waals surface area contributed by atoms with Crippen LogP contribution in [0.25, 0.3) is 0 Å². The lowest BCUT2D eigenvalue weighted by Crippen LogP contribution is -2.32. The smallest absolute Gasteiger partial charge is 0.271 e. The number of sulfonamides is 1. The fourth-order valence-electron chi connectivity index (χ4n) is 3.31. The average molecular weight is 504 g/mol. The maximum atomic E-state index is 14.4. The minimum absolute atomic E-state index is 0.0813. The third-order valence-corrected chi connectivity index (χ3v) is 6.13. The molecule has 1 N–H and O–H groups in total. The number of nitrogens with zero attached hydrogens (tertiary/aromatic N) is 2. The number of amides is 1. The highest BCUT2D eigenvalue weighted by molar-refractivity contribution is 7.92. The lowest BCUT2D eigenvalue weighted by molar-refractivity contribution is -0.384. The van der Waals surface area contributed by atoms with E-state index in [2.05, 4.69) is 5.32 Å². The summed E-state index contributed by atoms with van der Waals surface area (Å²) in [6.45, 7) is -0.405. The van der Waals surface area contributed by atoms with Crippen LogP contribution in [0.5, 0.6) is 11.5 Å². The van der Waals surface area contributed by atoms with Crippen molar-refractivity contribution in [3.8, 4) is 11.5 Å². The number of benzene rings is 3. The van der Waals surface area contributed by atoms with Crippen LogP contribution < -0.4 is 19.1 Å². The Morgan fingerprint density at radius 3 is 2.31 bits per heavy atom. The highest BCUT2D eigenvalue weighted by atomic mass is 32.2. The second-order valence-corrected chi connectivity index (χ2v) is 9.25. The Balaban J connectivity index is 2.15. The molecule has 0 aromatic heterocycles. The summed E-state index contributed by atoms with van der Waals surface area (Å²) in [5.41, 5.74) is -0.289. The molecule has 0 radical (unpaired) electrons. The molecule has 35 heavy (non-hydrogen) atoms. The van der Waals surface area contributed by atoms with E-state index in [0.717, 1.165) is 16.6 Å². The van der Waals surface area contributed by atoms with E-state index in [1.165, 1.54) is 62.8 Å². The number of hydrogen-bond acceptors (Lipinski definition) is 7. The van der Waals surface area contributed by atoms with E-state index < -0.39 is 33.2 Å². The van der Waals surface area contributed by atoms with Crippen LogP contribution in [0.3, 0.4) is 0 Å². The van der Waals surface area contributed by atoms with Gasteiger partial charge in [0.25, 0.3) is 11.6 Å². The van der Waals surface area contributed by atoms with Crippen molar-refractivity contribution < 1.29 is 32.0 Å². The number of nitro benzene ring substituents is 1. The fourth-order valence-corrected chi connectivity index (χ4v) is 4.20. The molecule has 3 aromatic rings. The zero-order valence-electron chi connectivity index (χ0n) is 19.0. The number of halogens is 1. The maximum Gasteiger partial charge on any atom is 0.271 e. The number of non-ortho nitro benzene ring substituents is 1. The van der Waals surface area contributed by atoms with Crippen LogP contribution in [0.15, 0.2) is 60.7 Å². The van der Waals surface area contributed by atoms with E-state index in [1.54, 1.807) is 6.07 Å². The van der Waals surface area contributed by atoms with Gasteiger partial charge in [0.2, 0.25) is 10.0 Å². The van der Waals surface area contributed by atoms with E-state index in [1.807, 2.05) is 0 Å². The van der Waals surface area contributed by atoms with Crippen molar-refractivity contribution in [2.45, 2.75) is 6.54 Å². The van der Waals surface area contributed by atoms with Crippen molar-refractivity contribution in [2.75, 3.05) is 30.1 Å². The van der Waals surface area contributed by atoms with Gasteiger partial charge in [-0.05, 0) is 18.2 Å². The van der Waals surface area contributed by atoms with E-state index in [9.17, 15) is 27.7 Å². The molecule has 0 fully saturated rings. The van der Waals surface area contributed by atoms with Gasteiger partial charge in [-0.3, -0.25) is 19.2 Å². The van der Waals surface area contributed by atoms with Crippen LogP contribution in [0.1, 0.15) is 15.9 Å². The van der Waals surface area contributed by atoms with Crippen molar-refractivity contribution in [1.29, 1.82) is 0 Å². The summed E-state index contributed by atoms with van der Waals surface area (Å²) in [5.74, 6) is -1.12. The predicted octanol–water partition coefficient (Wildman–Crippen LogP) is 3.97. The Labute approximate surface area is 201 Å². The Kier molecular flexibility index (Phi) is 7.55. The van der Waals surface area contributed by atoms with Gasteiger partial charge in [-0.15, -0.1) is 0 Å². The van der Waals surface area contributed by atoms with Gasteiger partial charge >= 0.3 is 0 Å². The minimum atomic E-state index is -4.02. The first-order valence-electron chi connectivity index (χ1n) is 10.1. The van der Waals surface area contributed by atoms with E-state index in [-0.39, 0.29) is 39.7 Å². The summed E-state index contributed by atoms with van der Waals surface area (Å²) in [5, 5.41) is 13.6. The van der Waals surface area contributed by atoms with Crippen LogP contribution in [0.2, 0.25) is 0 Å².